The molecular weight excluding hydrogens is 490 g/mol. The second-order valence-corrected chi connectivity index (χ2v) is 10.3. The van der Waals surface area contributed by atoms with Crippen molar-refractivity contribution in [3.63, 3.8) is 0 Å². The molecule has 1 aromatic carbocycles. The van der Waals surface area contributed by atoms with Gasteiger partial charge in [-0.05, 0) is 39.7 Å². The number of hydrogen-bond donors (Lipinski definition) is 2. The number of nitrogens with one attached hydrogen (secondary N) is 2. The summed E-state index contributed by atoms with van der Waals surface area (Å²) in [7, 11) is 1.54. The van der Waals surface area contributed by atoms with Crippen LogP contribution >= 0.6 is 0 Å². The van der Waals surface area contributed by atoms with E-state index in [1.807, 2.05) is 32.9 Å². The summed E-state index contributed by atoms with van der Waals surface area (Å²) >= 11 is 0. The molecule has 1 fully saturated rings. The second kappa shape index (κ2) is 11.1. The van der Waals surface area contributed by atoms with E-state index in [1.165, 1.54) is 19.4 Å². The van der Waals surface area contributed by atoms with Crippen LogP contribution in [0.3, 0.4) is 0 Å². The Kier molecular flexibility index (Phi) is 7.84. The topological polar surface area (TPSA) is 135 Å². The van der Waals surface area contributed by atoms with Crippen molar-refractivity contribution < 1.29 is 23.9 Å². The van der Waals surface area contributed by atoms with Gasteiger partial charge in [0, 0.05) is 37.1 Å². The van der Waals surface area contributed by atoms with Crippen molar-refractivity contribution in [3.8, 4) is 5.75 Å². The molecule has 38 heavy (non-hydrogen) atoms. The fourth-order valence-corrected chi connectivity index (χ4v) is 4.55. The number of piperidine rings is 1. The maximum Gasteiger partial charge on any atom is 0.410 e. The Balaban J connectivity index is 1.43. The van der Waals surface area contributed by atoms with Crippen LogP contribution in [0.15, 0.2) is 41.3 Å². The smallest absolute Gasteiger partial charge is 0.410 e. The molecule has 3 heterocycles. The normalized spacial score (nSPS) is 14.4. The van der Waals surface area contributed by atoms with Crippen LogP contribution in [-0.4, -0.2) is 69.6 Å². The first-order valence-electron chi connectivity index (χ1n) is 12.6. The highest BCUT2D eigenvalue weighted by Gasteiger charge is 2.29. The quantitative estimate of drug-likeness (QED) is 0.486. The number of H-pyrrole nitrogens is 1. The average Bonchev–Trinajstić information content (AvgIpc) is 3.30. The van der Waals surface area contributed by atoms with Crippen molar-refractivity contribution in [3.05, 3.63) is 63.7 Å². The highest BCUT2D eigenvalue weighted by Crippen LogP contribution is 2.28. The molecule has 0 spiro atoms. The number of carbonyl (C=O) groups excluding carboxylic acids is 3. The highest BCUT2D eigenvalue weighted by atomic mass is 16.6. The minimum absolute atomic E-state index is 0.0308. The van der Waals surface area contributed by atoms with Gasteiger partial charge in [-0.2, -0.15) is 5.10 Å². The lowest BCUT2D eigenvalue weighted by atomic mass is 9.93. The summed E-state index contributed by atoms with van der Waals surface area (Å²) < 4.78 is 12.3. The molecule has 11 nitrogen and oxygen atoms in total. The molecule has 11 heteroatoms. The van der Waals surface area contributed by atoms with Gasteiger partial charge in [-0.25, -0.2) is 9.31 Å². The van der Waals surface area contributed by atoms with Crippen LogP contribution < -0.4 is 15.6 Å². The van der Waals surface area contributed by atoms with Gasteiger partial charge in [0.25, 0.3) is 11.5 Å². The molecule has 2 amide bonds. The number of fused-ring (bicyclic) bond motifs is 1. The first-order valence-corrected chi connectivity index (χ1v) is 12.6. The van der Waals surface area contributed by atoms with E-state index < -0.39 is 11.5 Å². The van der Waals surface area contributed by atoms with Crippen molar-refractivity contribution in [2.75, 3.05) is 26.7 Å². The molecular formula is C27H33N5O6. The van der Waals surface area contributed by atoms with Gasteiger partial charge < -0.3 is 24.7 Å². The fraction of sp³-hybridized carbons (Fsp3) is 0.444. The zero-order valence-corrected chi connectivity index (χ0v) is 22.1. The summed E-state index contributed by atoms with van der Waals surface area (Å²) in [5.74, 6) is -0.125. The van der Waals surface area contributed by atoms with Crippen molar-refractivity contribution >= 4 is 23.4 Å². The van der Waals surface area contributed by atoms with Crippen LogP contribution in [0, 0.1) is 0 Å². The standard InChI is InChI=1S/C27H33N5O6/c1-27(2,3)38-26(36)31-11-9-17(10-12-31)21-14-23(34)30-24-20(16-29-32(21)24)25(35)28-15-19(33)13-18-7-5-6-8-22(18)37-4/h5-8,14,16-17H,9-13,15H2,1-4H3,(H,28,35)(H,30,34). The largest absolute Gasteiger partial charge is 0.496 e. The Bertz CT molecular complexity index is 1390. The van der Waals surface area contributed by atoms with Gasteiger partial charge in [0.15, 0.2) is 5.78 Å². The molecule has 1 aliphatic heterocycles. The number of aromatic amines is 1. The Labute approximate surface area is 220 Å². The van der Waals surface area contributed by atoms with E-state index in [0.29, 0.717) is 37.4 Å². The van der Waals surface area contributed by atoms with E-state index in [9.17, 15) is 19.2 Å². The first kappa shape index (κ1) is 26.9. The van der Waals surface area contributed by atoms with Crippen LogP contribution in [0.4, 0.5) is 4.79 Å². The van der Waals surface area contributed by atoms with Crippen molar-refractivity contribution in [1.82, 2.24) is 24.8 Å². The molecule has 0 aliphatic carbocycles. The van der Waals surface area contributed by atoms with Crippen molar-refractivity contribution in [2.45, 2.75) is 51.6 Å². The molecule has 0 bridgehead atoms. The predicted molar refractivity (Wildman–Crippen MR) is 140 cm³/mol. The molecule has 4 rings (SSSR count). The summed E-state index contributed by atoms with van der Waals surface area (Å²) in [6.07, 6.45) is 2.38. The summed E-state index contributed by atoms with van der Waals surface area (Å²) in [6.45, 7) is 6.26. The van der Waals surface area contributed by atoms with E-state index in [4.69, 9.17) is 9.47 Å². The van der Waals surface area contributed by atoms with Gasteiger partial charge in [-0.1, -0.05) is 18.2 Å². The summed E-state index contributed by atoms with van der Waals surface area (Å²) in [4.78, 5) is 54.7. The van der Waals surface area contributed by atoms with Crippen LogP contribution in [0.1, 0.15) is 61.1 Å². The van der Waals surface area contributed by atoms with Gasteiger partial charge in [0.2, 0.25) is 0 Å². The molecule has 3 aromatic rings. The van der Waals surface area contributed by atoms with Gasteiger partial charge in [-0.15, -0.1) is 0 Å². The Morgan fingerprint density at radius 1 is 1.16 bits per heavy atom. The highest BCUT2D eigenvalue weighted by molar-refractivity contribution is 6.01. The van der Waals surface area contributed by atoms with Gasteiger partial charge in [0.1, 0.15) is 22.6 Å². The lowest BCUT2D eigenvalue weighted by Gasteiger charge is -2.33. The molecule has 1 aliphatic rings. The average molecular weight is 524 g/mol. The van der Waals surface area contributed by atoms with Crippen LogP contribution in [0.5, 0.6) is 5.75 Å². The Hall–Kier alpha value is -4.15. The fourth-order valence-electron chi connectivity index (χ4n) is 4.55. The lowest BCUT2D eigenvalue weighted by molar-refractivity contribution is -0.117. The number of hydrogen-bond acceptors (Lipinski definition) is 7. The first-order chi connectivity index (χ1) is 18.1. The van der Waals surface area contributed by atoms with Gasteiger partial charge in [-0.3, -0.25) is 14.4 Å². The van der Waals surface area contributed by atoms with Crippen LogP contribution in [0.25, 0.3) is 5.65 Å². The third-order valence-electron chi connectivity index (χ3n) is 6.37. The number of aromatic nitrogens is 3. The van der Waals surface area contributed by atoms with Gasteiger partial charge in [0.05, 0.1) is 25.5 Å². The molecule has 0 unspecified atom stereocenters. The molecule has 2 aromatic heterocycles. The van der Waals surface area contributed by atoms with Crippen LogP contribution in [-0.2, 0) is 16.0 Å². The minimum Gasteiger partial charge on any atom is -0.496 e. The second-order valence-electron chi connectivity index (χ2n) is 10.3. The van der Waals surface area contributed by atoms with Crippen molar-refractivity contribution in [1.29, 1.82) is 0 Å². The number of amides is 2. The third kappa shape index (κ3) is 6.21. The zero-order chi connectivity index (χ0) is 27.4. The van der Waals surface area contributed by atoms with E-state index in [0.717, 1.165) is 5.56 Å². The summed E-state index contributed by atoms with van der Waals surface area (Å²) in [5.41, 5.74) is 0.898. The predicted octanol–water partition coefficient (Wildman–Crippen LogP) is 2.69. The number of rotatable bonds is 7. The van der Waals surface area contributed by atoms with E-state index in [2.05, 4.69) is 15.4 Å². The molecule has 0 atom stereocenters. The number of likely N-dealkylation sites (tertiary alicyclic amines) is 1. The number of Topliss-reactive ketones (excluding diaryl/α,β-unsaturated/α-hetero) is 1. The number of para-hydroxylation sites is 1. The number of ether oxygens (including phenoxy) is 2. The number of ketones is 1. The minimum atomic E-state index is -0.572. The lowest BCUT2D eigenvalue weighted by Crippen LogP contribution is -2.41. The summed E-state index contributed by atoms with van der Waals surface area (Å²) in [6, 6.07) is 8.69. The monoisotopic (exact) mass is 523 g/mol. The Morgan fingerprint density at radius 3 is 2.55 bits per heavy atom. The number of methoxy groups -OCH3 is 1. The maximum atomic E-state index is 12.9. The third-order valence-corrected chi connectivity index (χ3v) is 6.37. The molecule has 202 valence electrons. The van der Waals surface area contributed by atoms with Crippen molar-refractivity contribution in [2.24, 2.45) is 0 Å². The SMILES string of the molecule is COc1ccccc1CC(=O)CNC(=O)c1cnn2c(C3CCN(C(=O)OC(C)(C)C)CC3)cc(=O)[nH]c12. The molecule has 0 saturated carbocycles. The van der Waals surface area contributed by atoms with Crippen LogP contribution in [0.2, 0.25) is 0 Å². The zero-order valence-electron chi connectivity index (χ0n) is 22.1. The number of carbonyl (C=O) groups is 3. The molecule has 2 N–H and O–H groups in total. The van der Waals surface area contributed by atoms with E-state index in [1.54, 1.807) is 21.5 Å². The number of nitrogens with zero attached hydrogens (tertiary/aromatic N) is 3. The summed E-state index contributed by atoms with van der Waals surface area (Å²) in [5, 5.41) is 6.98. The number of benzene rings is 1. The maximum absolute atomic E-state index is 12.9. The van der Waals surface area contributed by atoms with E-state index >= 15 is 0 Å². The van der Waals surface area contributed by atoms with Gasteiger partial charge >= 0.3 is 6.09 Å². The molecule has 1 saturated heterocycles. The Morgan fingerprint density at radius 2 is 1.87 bits per heavy atom. The molecule has 0 radical (unpaired) electrons. The van der Waals surface area contributed by atoms with E-state index in [-0.39, 0.29) is 47.5 Å².